The molecule has 0 N–H and O–H groups in total. The van der Waals surface area contributed by atoms with E-state index in [9.17, 15) is 4.79 Å². The van der Waals surface area contributed by atoms with Gasteiger partial charge in [0.2, 0.25) is 5.91 Å². The molecule has 3 rings (SSSR count). The molecule has 1 aromatic rings. The minimum absolute atomic E-state index is 0.217. The Kier molecular flexibility index (Phi) is 7.71. The first-order chi connectivity index (χ1) is 13.2. The van der Waals surface area contributed by atoms with Gasteiger partial charge in [-0.1, -0.05) is 30.3 Å². The van der Waals surface area contributed by atoms with Gasteiger partial charge in [0.25, 0.3) is 0 Å². The Morgan fingerprint density at radius 2 is 1.74 bits per heavy atom. The summed E-state index contributed by atoms with van der Waals surface area (Å²) in [6.07, 6.45) is 5.89. The van der Waals surface area contributed by atoms with E-state index in [1.807, 2.05) is 4.90 Å². The van der Waals surface area contributed by atoms with Gasteiger partial charge in [0.1, 0.15) is 0 Å². The molecule has 0 aromatic heterocycles. The maximum atomic E-state index is 12.8. The highest BCUT2D eigenvalue weighted by atomic mass is 16.2. The summed E-state index contributed by atoms with van der Waals surface area (Å²) in [5.74, 6) is 0.597. The lowest BCUT2D eigenvalue weighted by atomic mass is 9.92. The number of carbonyl (C=O) groups is 1. The van der Waals surface area contributed by atoms with Crippen LogP contribution >= 0.6 is 0 Å². The first-order valence-electron chi connectivity index (χ1n) is 11.0. The van der Waals surface area contributed by atoms with E-state index in [2.05, 4.69) is 54.0 Å². The summed E-state index contributed by atoms with van der Waals surface area (Å²) >= 11 is 0. The van der Waals surface area contributed by atoms with E-state index in [0.717, 1.165) is 32.5 Å². The van der Waals surface area contributed by atoms with Crippen molar-refractivity contribution in [3.8, 4) is 0 Å². The Bertz CT molecular complexity index is 564. The van der Waals surface area contributed by atoms with Crippen molar-refractivity contribution >= 4 is 5.91 Å². The number of rotatable bonds is 7. The Hall–Kier alpha value is -1.39. The highest BCUT2D eigenvalue weighted by Crippen LogP contribution is 2.25. The summed E-state index contributed by atoms with van der Waals surface area (Å²) in [6.45, 7) is 11.6. The number of nitrogens with zero attached hydrogens (tertiary/aromatic N) is 3. The Labute approximate surface area is 165 Å². The van der Waals surface area contributed by atoms with Crippen molar-refractivity contribution in [2.75, 3.05) is 45.8 Å². The van der Waals surface area contributed by atoms with Gasteiger partial charge in [0, 0.05) is 32.2 Å². The summed E-state index contributed by atoms with van der Waals surface area (Å²) in [5.41, 5.74) is 1.44. The predicted molar refractivity (Wildman–Crippen MR) is 112 cm³/mol. The number of carbonyl (C=O) groups excluding carboxylic acids is 1. The first kappa shape index (κ1) is 20.3. The second kappa shape index (κ2) is 10.2. The molecule has 2 aliphatic rings. The van der Waals surface area contributed by atoms with Gasteiger partial charge in [-0.25, -0.2) is 0 Å². The summed E-state index contributed by atoms with van der Waals surface area (Å²) in [7, 11) is 0. The minimum atomic E-state index is 0.217. The maximum Gasteiger partial charge on any atom is 0.226 e. The molecule has 0 unspecified atom stereocenters. The average Bonchev–Trinajstić information content (AvgIpc) is 2.74. The molecular weight excluding hydrogens is 334 g/mol. The Morgan fingerprint density at radius 1 is 1.04 bits per heavy atom. The molecule has 1 atom stereocenters. The monoisotopic (exact) mass is 371 g/mol. The molecule has 0 radical (unpaired) electrons. The van der Waals surface area contributed by atoms with E-state index < -0.39 is 0 Å². The number of benzene rings is 1. The van der Waals surface area contributed by atoms with Crippen LogP contribution in [0, 0.1) is 5.92 Å². The molecule has 0 aliphatic carbocycles. The van der Waals surface area contributed by atoms with E-state index in [4.69, 9.17) is 0 Å². The van der Waals surface area contributed by atoms with Crippen LogP contribution in [-0.2, 0) is 11.2 Å². The van der Waals surface area contributed by atoms with E-state index in [1.165, 1.54) is 51.0 Å². The molecule has 2 aliphatic heterocycles. The summed E-state index contributed by atoms with van der Waals surface area (Å²) < 4.78 is 0. The first-order valence-corrected chi connectivity index (χ1v) is 11.0. The Morgan fingerprint density at radius 3 is 2.41 bits per heavy atom. The van der Waals surface area contributed by atoms with Crippen molar-refractivity contribution in [1.82, 2.24) is 14.7 Å². The molecule has 4 heteroatoms. The van der Waals surface area contributed by atoms with Crippen LogP contribution in [-0.4, -0.2) is 72.5 Å². The second-order valence-electron chi connectivity index (χ2n) is 8.15. The molecule has 0 spiro atoms. The molecule has 2 heterocycles. The molecule has 0 bridgehead atoms. The van der Waals surface area contributed by atoms with Gasteiger partial charge in [-0.3, -0.25) is 9.69 Å². The van der Waals surface area contributed by atoms with E-state index in [1.54, 1.807) is 0 Å². The third-order valence-corrected chi connectivity index (χ3v) is 6.51. The molecule has 1 amide bonds. The van der Waals surface area contributed by atoms with E-state index in [0.29, 0.717) is 11.9 Å². The average molecular weight is 372 g/mol. The van der Waals surface area contributed by atoms with Crippen LogP contribution in [0.15, 0.2) is 30.3 Å². The van der Waals surface area contributed by atoms with E-state index in [-0.39, 0.29) is 5.92 Å². The van der Waals surface area contributed by atoms with Gasteiger partial charge in [-0.05, 0) is 71.1 Å². The number of hydrogen-bond donors (Lipinski definition) is 0. The van der Waals surface area contributed by atoms with Crippen LogP contribution in [0.2, 0.25) is 0 Å². The van der Waals surface area contributed by atoms with Crippen LogP contribution in [0.3, 0.4) is 0 Å². The third kappa shape index (κ3) is 5.55. The zero-order valence-corrected chi connectivity index (χ0v) is 17.3. The molecule has 4 nitrogen and oxygen atoms in total. The van der Waals surface area contributed by atoms with Gasteiger partial charge >= 0.3 is 0 Å². The fourth-order valence-electron chi connectivity index (χ4n) is 4.77. The molecule has 1 aromatic carbocycles. The Balaban J connectivity index is 1.44. The van der Waals surface area contributed by atoms with Crippen molar-refractivity contribution < 1.29 is 4.79 Å². The van der Waals surface area contributed by atoms with Crippen LogP contribution in [0.5, 0.6) is 0 Å². The molecule has 27 heavy (non-hydrogen) atoms. The standard InChI is InChI=1S/C23H37N3O/c1-3-25(4-2)23(27)21-11-8-15-26(19-21)22-13-17-24(18-14-22)16-12-20-9-6-5-7-10-20/h5-7,9-10,21-22H,3-4,8,11-19H2,1-2H3/t21-/m1/s1. The lowest BCUT2D eigenvalue weighted by molar-refractivity contribution is -0.137. The van der Waals surface area contributed by atoms with Crippen molar-refractivity contribution in [3.05, 3.63) is 35.9 Å². The predicted octanol–water partition coefficient (Wildman–Crippen LogP) is 3.27. The van der Waals surface area contributed by atoms with Crippen LogP contribution in [0.1, 0.15) is 45.1 Å². The third-order valence-electron chi connectivity index (χ3n) is 6.51. The number of likely N-dealkylation sites (tertiary alicyclic amines) is 2. The van der Waals surface area contributed by atoms with Crippen LogP contribution in [0.4, 0.5) is 0 Å². The SMILES string of the molecule is CCN(CC)C(=O)[C@@H]1CCCN(C2CCN(CCc3ccccc3)CC2)C1. The molecule has 0 saturated carbocycles. The highest BCUT2D eigenvalue weighted by Gasteiger charge is 2.32. The van der Waals surface area contributed by atoms with Gasteiger partial charge in [0.05, 0.1) is 5.92 Å². The molecule has 2 saturated heterocycles. The second-order valence-corrected chi connectivity index (χ2v) is 8.15. The highest BCUT2D eigenvalue weighted by molar-refractivity contribution is 5.79. The van der Waals surface area contributed by atoms with Crippen LogP contribution < -0.4 is 0 Å². The quantitative estimate of drug-likeness (QED) is 0.736. The lowest BCUT2D eigenvalue weighted by Crippen LogP contribution is -2.51. The molecule has 2 fully saturated rings. The molecule has 150 valence electrons. The fraction of sp³-hybridized carbons (Fsp3) is 0.696. The fourth-order valence-corrected chi connectivity index (χ4v) is 4.77. The maximum absolute atomic E-state index is 12.8. The zero-order valence-electron chi connectivity index (χ0n) is 17.3. The van der Waals surface area contributed by atoms with Gasteiger partial charge in [-0.2, -0.15) is 0 Å². The van der Waals surface area contributed by atoms with Crippen molar-refractivity contribution in [2.45, 2.75) is 52.0 Å². The summed E-state index contributed by atoms with van der Waals surface area (Å²) in [6, 6.07) is 11.5. The number of amides is 1. The van der Waals surface area contributed by atoms with Crippen molar-refractivity contribution in [3.63, 3.8) is 0 Å². The summed E-state index contributed by atoms with van der Waals surface area (Å²) in [5, 5.41) is 0. The largest absolute Gasteiger partial charge is 0.343 e. The zero-order chi connectivity index (χ0) is 19.1. The summed E-state index contributed by atoms with van der Waals surface area (Å²) in [4.78, 5) is 20.0. The topological polar surface area (TPSA) is 26.8 Å². The molecular formula is C23H37N3O. The number of hydrogen-bond acceptors (Lipinski definition) is 3. The van der Waals surface area contributed by atoms with Gasteiger partial charge < -0.3 is 9.80 Å². The number of piperidine rings is 2. The van der Waals surface area contributed by atoms with Crippen molar-refractivity contribution in [2.24, 2.45) is 5.92 Å². The minimum Gasteiger partial charge on any atom is -0.343 e. The van der Waals surface area contributed by atoms with Gasteiger partial charge in [0.15, 0.2) is 0 Å². The smallest absolute Gasteiger partial charge is 0.226 e. The lowest BCUT2D eigenvalue weighted by Gasteiger charge is -2.42. The normalized spacial score (nSPS) is 22.7. The van der Waals surface area contributed by atoms with Gasteiger partial charge in [-0.15, -0.1) is 0 Å². The van der Waals surface area contributed by atoms with Crippen LogP contribution in [0.25, 0.3) is 0 Å². The van der Waals surface area contributed by atoms with E-state index >= 15 is 0 Å². The van der Waals surface area contributed by atoms with Crippen molar-refractivity contribution in [1.29, 1.82) is 0 Å².